The Balaban J connectivity index is 1.54. The van der Waals surface area contributed by atoms with Crippen LogP contribution < -0.4 is 20.2 Å². The molecule has 33 heavy (non-hydrogen) atoms. The minimum Gasteiger partial charge on any atom is -0.497 e. The number of ether oxygens (including phenoxy) is 2. The van der Waals surface area contributed by atoms with Crippen LogP contribution in [0.1, 0.15) is 21.5 Å². The molecule has 0 aromatic heterocycles. The number of carbonyl (C=O) groups excluding carboxylic acids is 3. The molecule has 3 aromatic carbocycles. The second kappa shape index (κ2) is 10.9. The summed E-state index contributed by atoms with van der Waals surface area (Å²) < 4.78 is 10.4. The molecular weight excluding hydrogens is 424 g/mol. The predicted molar refractivity (Wildman–Crippen MR) is 120 cm³/mol. The van der Waals surface area contributed by atoms with Crippen molar-refractivity contribution in [1.82, 2.24) is 5.43 Å². The van der Waals surface area contributed by atoms with Crippen molar-refractivity contribution in [2.45, 2.75) is 0 Å². The van der Waals surface area contributed by atoms with Gasteiger partial charge in [0, 0.05) is 5.69 Å². The molecule has 9 nitrogen and oxygen atoms in total. The lowest BCUT2D eigenvalue weighted by Crippen LogP contribution is -2.32. The molecule has 0 spiro atoms. The first-order valence-electron chi connectivity index (χ1n) is 9.59. The first kappa shape index (κ1) is 22.7. The summed E-state index contributed by atoms with van der Waals surface area (Å²) in [5.41, 5.74) is 3.80. The number of nitrogens with one attached hydrogen (secondary N) is 2. The van der Waals surface area contributed by atoms with Crippen LogP contribution in [0.25, 0.3) is 0 Å². The molecular formula is C24H18N4O5. The first-order valence-corrected chi connectivity index (χ1v) is 9.59. The third-order valence-corrected chi connectivity index (χ3v) is 4.25. The summed E-state index contributed by atoms with van der Waals surface area (Å²) in [6, 6.07) is 21.0. The summed E-state index contributed by atoms with van der Waals surface area (Å²) in [5, 5.41) is 14.9. The van der Waals surface area contributed by atoms with Gasteiger partial charge in [-0.2, -0.15) is 10.4 Å². The average Bonchev–Trinajstić information content (AvgIpc) is 2.84. The van der Waals surface area contributed by atoms with E-state index in [0.29, 0.717) is 28.1 Å². The molecule has 0 radical (unpaired) electrons. The number of hydrogen-bond donors (Lipinski definition) is 2. The van der Waals surface area contributed by atoms with E-state index in [1.807, 2.05) is 6.07 Å². The van der Waals surface area contributed by atoms with Crippen molar-refractivity contribution in [1.29, 1.82) is 5.26 Å². The van der Waals surface area contributed by atoms with Gasteiger partial charge in [-0.1, -0.05) is 12.1 Å². The summed E-state index contributed by atoms with van der Waals surface area (Å²) >= 11 is 0. The zero-order valence-corrected chi connectivity index (χ0v) is 17.4. The Bertz CT molecular complexity index is 1230. The quantitative estimate of drug-likeness (QED) is 0.199. The van der Waals surface area contributed by atoms with Crippen molar-refractivity contribution in [2.24, 2.45) is 5.10 Å². The lowest BCUT2D eigenvalue weighted by atomic mass is 10.2. The van der Waals surface area contributed by atoms with Crippen LogP contribution in [0.3, 0.4) is 0 Å². The van der Waals surface area contributed by atoms with Crippen LogP contribution in [0.4, 0.5) is 5.69 Å². The van der Waals surface area contributed by atoms with E-state index in [2.05, 4.69) is 15.8 Å². The van der Waals surface area contributed by atoms with Crippen molar-refractivity contribution >= 4 is 29.7 Å². The monoisotopic (exact) mass is 442 g/mol. The highest BCUT2D eigenvalue weighted by atomic mass is 16.5. The molecule has 0 fully saturated rings. The highest BCUT2D eigenvalue weighted by Gasteiger charge is 2.13. The van der Waals surface area contributed by atoms with E-state index in [1.165, 1.54) is 37.6 Å². The predicted octanol–water partition coefficient (Wildman–Crippen LogP) is 2.87. The fourth-order valence-corrected chi connectivity index (χ4v) is 2.58. The van der Waals surface area contributed by atoms with Crippen molar-refractivity contribution in [3.8, 4) is 17.6 Å². The van der Waals surface area contributed by atoms with E-state index in [-0.39, 0.29) is 5.75 Å². The Morgan fingerprint density at radius 1 is 0.939 bits per heavy atom. The van der Waals surface area contributed by atoms with E-state index < -0.39 is 17.8 Å². The van der Waals surface area contributed by atoms with Crippen LogP contribution in [0.2, 0.25) is 0 Å². The second-order valence-electron chi connectivity index (χ2n) is 6.53. The Kier molecular flexibility index (Phi) is 7.49. The average molecular weight is 442 g/mol. The Labute approximate surface area is 189 Å². The molecule has 0 unspecified atom stereocenters. The van der Waals surface area contributed by atoms with Gasteiger partial charge < -0.3 is 14.8 Å². The number of hydrogen-bond acceptors (Lipinski definition) is 7. The number of hydrazone groups is 1. The fourth-order valence-electron chi connectivity index (χ4n) is 2.58. The molecule has 0 aliphatic rings. The molecule has 0 saturated heterocycles. The van der Waals surface area contributed by atoms with Crippen LogP contribution in [-0.4, -0.2) is 31.1 Å². The molecule has 0 bridgehead atoms. The van der Waals surface area contributed by atoms with Gasteiger partial charge in [-0.15, -0.1) is 0 Å². The molecule has 0 atom stereocenters. The first-order chi connectivity index (χ1) is 16.0. The molecule has 164 valence electrons. The highest BCUT2D eigenvalue weighted by molar-refractivity contribution is 6.39. The summed E-state index contributed by atoms with van der Waals surface area (Å²) in [6.07, 6.45) is 1.30. The highest BCUT2D eigenvalue weighted by Crippen LogP contribution is 2.16. The lowest BCUT2D eigenvalue weighted by Gasteiger charge is -2.06. The van der Waals surface area contributed by atoms with Crippen molar-refractivity contribution in [2.75, 3.05) is 12.4 Å². The van der Waals surface area contributed by atoms with Crippen LogP contribution in [0.5, 0.6) is 11.5 Å². The zero-order chi connectivity index (χ0) is 23.6. The number of nitrogens with zero attached hydrogens (tertiary/aromatic N) is 2. The van der Waals surface area contributed by atoms with Crippen molar-refractivity contribution < 1.29 is 23.9 Å². The summed E-state index contributed by atoms with van der Waals surface area (Å²) in [7, 11) is 1.53. The molecule has 2 amide bonds. The van der Waals surface area contributed by atoms with Gasteiger partial charge in [0.2, 0.25) is 0 Å². The number of nitriles is 1. The number of esters is 1. The van der Waals surface area contributed by atoms with Crippen molar-refractivity contribution in [3.63, 3.8) is 0 Å². The number of anilines is 1. The number of benzene rings is 3. The van der Waals surface area contributed by atoms with Gasteiger partial charge in [0.15, 0.2) is 0 Å². The molecule has 0 aliphatic heterocycles. The van der Waals surface area contributed by atoms with Crippen LogP contribution in [0, 0.1) is 11.3 Å². The largest absolute Gasteiger partial charge is 0.497 e. The second-order valence-corrected chi connectivity index (χ2v) is 6.53. The number of amides is 2. The van der Waals surface area contributed by atoms with Gasteiger partial charge in [0.05, 0.1) is 30.5 Å². The molecule has 9 heteroatoms. The minimum atomic E-state index is -0.974. The maximum atomic E-state index is 12.3. The number of carbonyl (C=O) groups is 3. The summed E-state index contributed by atoms with van der Waals surface area (Å²) in [5.74, 6) is -1.53. The van der Waals surface area contributed by atoms with Crippen LogP contribution in [0.15, 0.2) is 77.9 Å². The maximum Gasteiger partial charge on any atom is 0.343 e. The van der Waals surface area contributed by atoms with E-state index in [4.69, 9.17) is 14.7 Å². The van der Waals surface area contributed by atoms with Crippen LogP contribution >= 0.6 is 0 Å². The van der Waals surface area contributed by atoms with Crippen molar-refractivity contribution in [3.05, 3.63) is 89.5 Å². The van der Waals surface area contributed by atoms with Gasteiger partial charge in [-0.3, -0.25) is 9.59 Å². The number of rotatable bonds is 6. The molecule has 3 aromatic rings. The Morgan fingerprint density at radius 2 is 1.67 bits per heavy atom. The number of methoxy groups -OCH3 is 1. The molecule has 2 N–H and O–H groups in total. The third kappa shape index (κ3) is 6.50. The van der Waals surface area contributed by atoms with Gasteiger partial charge in [0.1, 0.15) is 11.5 Å². The van der Waals surface area contributed by atoms with Crippen LogP contribution in [-0.2, 0) is 9.59 Å². The summed E-state index contributed by atoms with van der Waals surface area (Å²) in [6.45, 7) is 0. The van der Waals surface area contributed by atoms with Gasteiger partial charge >= 0.3 is 17.8 Å². The SMILES string of the molecule is COc1ccc(C(=O)Oc2cccc(/C=N/NC(=O)C(=O)Nc3ccc(C#N)cc3)c2)cc1. The summed E-state index contributed by atoms with van der Waals surface area (Å²) in [4.78, 5) is 36.1. The molecule has 0 aliphatic carbocycles. The molecule has 3 rings (SSSR count). The van der Waals surface area contributed by atoms with E-state index in [9.17, 15) is 14.4 Å². The maximum absolute atomic E-state index is 12.3. The lowest BCUT2D eigenvalue weighted by molar-refractivity contribution is -0.136. The normalized spacial score (nSPS) is 10.2. The van der Waals surface area contributed by atoms with Gasteiger partial charge in [0.25, 0.3) is 0 Å². The standard InChI is InChI=1S/C24H18N4O5/c1-32-20-11-7-18(8-12-20)24(31)33-21-4-2-3-17(13-21)15-26-28-23(30)22(29)27-19-9-5-16(14-25)6-10-19/h2-13,15H,1H3,(H,27,29)(H,28,30)/b26-15+. The zero-order valence-electron chi connectivity index (χ0n) is 17.4. The smallest absolute Gasteiger partial charge is 0.343 e. The molecule has 0 saturated carbocycles. The van der Waals surface area contributed by atoms with Gasteiger partial charge in [-0.25, -0.2) is 10.2 Å². The molecule has 0 heterocycles. The third-order valence-electron chi connectivity index (χ3n) is 4.25. The fraction of sp³-hybridized carbons (Fsp3) is 0.0417. The van der Waals surface area contributed by atoms with E-state index in [1.54, 1.807) is 48.5 Å². The Morgan fingerprint density at radius 3 is 2.33 bits per heavy atom. The van der Waals surface area contributed by atoms with E-state index in [0.717, 1.165) is 0 Å². The topological polar surface area (TPSA) is 130 Å². The van der Waals surface area contributed by atoms with E-state index >= 15 is 0 Å². The van der Waals surface area contributed by atoms with Gasteiger partial charge in [-0.05, 0) is 66.2 Å². The minimum absolute atomic E-state index is 0.282. The Hall–Kier alpha value is -4.97.